The fourth-order valence-corrected chi connectivity index (χ4v) is 2.72. The van der Waals surface area contributed by atoms with Crippen LogP contribution < -0.4 is 0 Å². The molecule has 0 bridgehead atoms. The number of hydrogen-bond acceptors (Lipinski definition) is 4. The summed E-state index contributed by atoms with van der Waals surface area (Å²) in [5.41, 5.74) is 2.10. The maximum absolute atomic E-state index is 13.0. The summed E-state index contributed by atoms with van der Waals surface area (Å²) in [6, 6.07) is 13.2. The summed E-state index contributed by atoms with van der Waals surface area (Å²) in [6.07, 6.45) is -3.10. The number of aromatic nitrogens is 4. The summed E-state index contributed by atoms with van der Waals surface area (Å²) in [5.74, 6) is -0.692. The third kappa shape index (κ3) is 4.69. The van der Waals surface area contributed by atoms with Crippen LogP contribution in [0.1, 0.15) is 21.5 Å². The van der Waals surface area contributed by atoms with Crippen LogP contribution in [0, 0.1) is 6.92 Å². The van der Waals surface area contributed by atoms with E-state index < -0.39 is 18.6 Å². The molecule has 1 aromatic heterocycles. The van der Waals surface area contributed by atoms with Crippen LogP contribution in [0.25, 0.3) is 5.69 Å². The van der Waals surface area contributed by atoms with Crippen LogP contribution in [0.15, 0.2) is 54.9 Å². The minimum Gasteiger partial charge on any atom is -0.325 e. The van der Waals surface area contributed by atoms with Gasteiger partial charge in [0.25, 0.3) is 5.91 Å². The number of carbonyl (C=O) groups is 1. The summed E-state index contributed by atoms with van der Waals surface area (Å²) in [7, 11) is 0. The third-order valence-electron chi connectivity index (χ3n) is 3.91. The van der Waals surface area contributed by atoms with E-state index in [0.717, 1.165) is 4.90 Å². The molecule has 1 amide bonds. The van der Waals surface area contributed by atoms with Gasteiger partial charge in [0, 0.05) is 12.1 Å². The molecule has 0 radical (unpaired) electrons. The summed E-state index contributed by atoms with van der Waals surface area (Å²) in [6.45, 7) is 0.278. The Labute approximate surface area is 153 Å². The summed E-state index contributed by atoms with van der Waals surface area (Å²) in [5, 5.41) is 10.9. The first-order valence-corrected chi connectivity index (χ1v) is 8.07. The maximum Gasteiger partial charge on any atom is 0.406 e. The predicted molar refractivity (Wildman–Crippen MR) is 91.1 cm³/mol. The molecule has 0 unspecified atom stereocenters. The van der Waals surface area contributed by atoms with E-state index in [0.29, 0.717) is 16.8 Å². The molecule has 0 saturated carbocycles. The van der Waals surface area contributed by atoms with Gasteiger partial charge in [-0.25, -0.2) is 4.68 Å². The molecule has 0 aliphatic rings. The first-order chi connectivity index (χ1) is 12.8. The van der Waals surface area contributed by atoms with Crippen LogP contribution in [0.2, 0.25) is 0 Å². The van der Waals surface area contributed by atoms with Gasteiger partial charge in [0.05, 0.1) is 5.69 Å². The molecule has 6 nitrogen and oxygen atoms in total. The van der Waals surface area contributed by atoms with Crippen LogP contribution in [0.3, 0.4) is 0 Å². The Morgan fingerprint density at radius 1 is 1.15 bits per heavy atom. The predicted octanol–water partition coefficient (Wildman–Crippen LogP) is 3.18. The molecule has 1 heterocycles. The van der Waals surface area contributed by atoms with Crippen LogP contribution in [0.5, 0.6) is 0 Å². The highest BCUT2D eigenvalue weighted by Gasteiger charge is 2.33. The van der Waals surface area contributed by atoms with E-state index >= 15 is 0 Å². The van der Waals surface area contributed by atoms with Crippen LogP contribution in [0.4, 0.5) is 13.2 Å². The highest BCUT2D eigenvalue weighted by molar-refractivity contribution is 5.94. The zero-order valence-corrected chi connectivity index (χ0v) is 14.4. The Balaban J connectivity index is 1.88. The molecule has 27 heavy (non-hydrogen) atoms. The Morgan fingerprint density at radius 3 is 2.48 bits per heavy atom. The summed E-state index contributed by atoms with van der Waals surface area (Å²) >= 11 is 0. The van der Waals surface area contributed by atoms with Crippen molar-refractivity contribution in [3.63, 3.8) is 0 Å². The van der Waals surface area contributed by atoms with Crippen LogP contribution >= 0.6 is 0 Å². The second-order valence-corrected chi connectivity index (χ2v) is 6.02. The van der Waals surface area contributed by atoms with Gasteiger partial charge in [0.15, 0.2) is 0 Å². The number of benzene rings is 2. The molecule has 3 rings (SSSR count). The topological polar surface area (TPSA) is 63.9 Å². The van der Waals surface area contributed by atoms with E-state index in [-0.39, 0.29) is 12.1 Å². The molecule has 0 fully saturated rings. The number of nitrogens with zero attached hydrogens (tertiary/aromatic N) is 5. The van der Waals surface area contributed by atoms with E-state index in [4.69, 9.17) is 0 Å². The maximum atomic E-state index is 13.0. The molecular weight excluding hydrogens is 359 g/mol. The first-order valence-electron chi connectivity index (χ1n) is 8.07. The summed E-state index contributed by atoms with van der Waals surface area (Å²) < 4.78 is 40.4. The number of tetrazole rings is 1. The van der Waals surface area contributed by atoms with Crippen molar-refractivity contribution in [2.24, 2.45) is 0 Å². The number of carbonyl (C=O) groups excluding carboxylic acids is 1. The smallest absolute Gasteiger partial charge is 0.325 e. The molecule has 9 heteroatoms. The highest BCUT2D eigenvalue weighted by atomic mass is 19.4. The van der Waals surface area contributed by atoms with Gasteiger partial charge in [0.2, 0.25) is 0 Å². The van der Waals surface area contributed by atoms with Crippen molar-refractivity contribution < 1.29 is 18.0 Å². The molecule has 0 saturated heterocycles. The van der Waals surface area contributed by atoms with E-state index in [1.165, 1.54) is 23.1 Å². The number of amides is 1. The third-order valence-corrected chi connectivity index (χ3v) is 3.91. The van der Waals surface area contributed by atoms with Gasteiger partial charge >= 0.3 is 6.18 Å². The number of alkyl halides is 3. The number of aryl methyl sites for hydroxylation is 1. The lowest BCUT2D eigenvalue weighted by atomic mass is 10.1. The standard InChI is InChI=1S/C18H16F3N5O/c1-13-9-15(7-8-16(13)26-12-22-23-24-26)17(27)25(11-18(19,20)21)10-14-5-3-2-4-6-14/h2-9,12H,10-11H2,1H3. The van der Waals surface area contributed by atoms with Gasteiger partial charge < -0.3 is 4.90 Å². The molecule has 0 atom stereocenters. The second kappa shape index (κ2) is 7.56. The van der Waals surface area contributed by atoms with Crippen molar-refractivity contribution in [1.82, 2.24) is 25.1 Å². The molecule has 0 aliphatic carbocycles. The average molecular weight is 375 g/mol. The average Bonchev–Trinajstić information content (AvgIpc) is 3.14. The lowest BCUT2D eigenvalue weighted by Crippen LogP contribution is -2.38. The lowest BCUT2D eigenvalue weighted by Gasteiger charge is -2.24. The van der Waals surface area contributed by atoms with Gasteiger partial charge in [-0.2, -0.15) is 13.2 Å². The molecule has 0 spiro atoms. The van der Waals surface area contributed by atoms with Crippen molar-refractivity contribution in [3.8, 4) is 5.69 Å². The van der Waals surface area contributed by atoms with Gasteiger partial charge in [0.1, 0.15) is 12.9 Å². The molecule has 3 aromatic rings. The summed E-state index contributed by atoms with van der Waals surface area (Å²) in [4.78, 5) is 13.5. The van der Waals surface area contributed by atoms with E-state index in [1.807, 2.05) is 0 Å². The van der Waals surface area contributed by atoms with Crippen LogP contribution in [-0.2, 0) is 6.54 Å². The Morgan fingerprint density at radius 2 is 1.89 bits per heavy atom. The number of halogens is 3. The van der Waals surface area contributed by atoms with Gasteiger partial charge in [-0.15, -0.1) is 5.10 Å². The number of rotatable bonds is 5. The molecular formula is C18H16F3N5O. The van der Waals surface area contributed by atoms with Crippen molar-refractivity contribution in [2.45, 2.75) is 19.6 Å². The van der Waals surface area contributed by atoms with Crippen LogP contribution in [-0.4, -0.2) is 43.7 Å². The minimum absolute atomic E-state index is 0.132. The van der Waals surface area contributed by atoms with Crippen molar-refractivity contribution >= 4 is 5.91 Å². The molecule has 2 aromatic carbocycles. The van der Waals surface area contributed by atoms with Gasteiger partial charge in [-0.3, -0.25) is 4.79 Å². The fourth-order valence-electron chi connectivity index (χ4n) is 2.72. The lowest BCUT2D eigenvalue weighted by molar-refractivity contribution is -0.141. The van der Waals surface area contributed by atoms with E-state index in [9.17, 15) is 18.0 Å². The van der Waals surface area contributed by atoms with Crippen molar-refractivity contribution in [2.75, 3.05) is 6.54 Å². The van der Waals surface area contributed by atoms with E-state index in [1.54, 1.807) is 43.3 Å². The Kier molecular flexibility index (Phi) is 5.20. The van der Waals surface area contributed by atoms with Gasteiger partial charge in [-0.1, -0.05) is 30.3 Å². The highest BCUT2D eigenvalue weighted by Crippen LogP contribution is 2.22. The van der Waals surface area contributed by atoms with E-state index in [2.05, 4.69) is 15.5 Å². The Bertz CT molecular complexity index is 911. The monoisotopic (exact) mass is 375 g/mol. The van der Waals surface area contributed by atoms with Gasteiger partial charge in [-0.05, 0) is 46.7 Å². The van der Waals surface area contributed by atoms with Crippen molar-refractivity contribution in [1.29, 1.82) is 0 Å². The fraction of sp³-hybridized carbons (Fsp3) is 0.222. The quantitative estimate of drug-likeness (QED) is 0.687. The second-order valence-electron chi connectivity index (χ2n) is 6.02. The largest absolute Gasteiger partial charge is 0.406 e. The molecule has 140 valence electrons. The zero-order valence-electron chi connectivity index (χ0n) is 14.4. The molecule has 0 aliphatic heterocycles. The SMILES string of the molecule is Cc1cc(C(=O)N(Cc2ccccc2)CC(F)(F)F)ccc1-n1cnnn1. The molecule has 0 N–H and O–H groups in total. The van der Waals surface area contributed by atoms with Crippen molar-refractivity contribution in [3.05, 3.63) is 71.5 Å². The number of hydrogen-bond donors (Lipinski definition) is 0. The normalized spacial score (nSPS) is 11.4. The zero-order chi connectivity index (χ0) is 19.4. The minimum atomic E-state index is -4.49. The first kappa shape index (κ1) is 18.6. The Hall–Kier alpha value is -3.23.